The molecule has 112 valence electrons. The van der Waals surface area contributed by atoms with E-state index in [0.29, 0.717) is 29.4 Å². The number of ether oxygens (including phenoxy) is 2. The van der Waals surface area contributed by atoms with Gasteiger partial charge in [0.1, 0.15) is 17.3 Å². The molecule has 0 spiro atoms. The Balaban J connectivity index is 2.07. The van der Waals surface area contributed by atoms with Crippen molar-refractivity contribution in [1.29, 1.82) is 0 Å². The van der Waals surface area contributed by atoms with Crippen LogP contribution in [0, 0.1) is 6.92 Å². The number of aliphatic hydroxyl groups is 1. The molecule has 1 unspecified atom stereocenters. The maximum Gasteiger partial charge on any atom is 0.144 e. The molecule has 2 aromatic rings. The average molecular weight is 289 g/mol. The highest BCUT2D eigenvalue weighted by Gasteiger charge is 2.11. The van der Waals surface area contributed by atoms with Gasteiger partial charge in [-0.1, -0.05) is 0 Å². The van der Waals surface area contributed by atoms with E-state index in [1.165, 1.54) is 0 Å². The minimum absolute atomic E-state index is 0.314. The van der Waals surface area contributed by atoms with Gasteiger partial charge in [0.2, 0.25) is 0 Å². The summed E-state index contributed by atoms with van der Waals surface area (Å²) in [7, 11) is 3.15. The van der Waals surface area contributed by atoms with Gasteiger partial charge in [0.25, 0.3) is 0 Å². The van der Waals surface area contributed by atoms with Crippen molar-refractivity contribution in [3.63, 3.8) is 0 Å². The van der Waals surface area contributed by atoms with Crippen LogP contribution in [0.25, 0.3) is 0 Å². The third-order valence-electron chi connectivity index (χ3n) is 2.99. The molecule has 21 heavy (non-hydrogen) atoms. The number of nitrogens with one attached hydrogen (secondary N) is 1. The molecule has 2 rings (SSSR count). The number of aromatic nitrogens is 2. The Hall–Kier alpha value is -2.34. The predicted molar refractivity (Wildman–Crippen MR) is 79.8 cm³/mol. The van der Waals surface area contributed by atoms with Crippen molar-refractivity contribution in [2.24, 2.45) is 0 Å². The number of hydrogen-bond donors (Lipinski definition) is 2. The van der Waals surface area contributed by atoms with Crippen LogP contribution in [0.2, 0.25) is 0 Å². The van der Waals surface area contributed by atoms with E-state index < -0.39 is 6.10 Å². The summed E-state index contributed by atoms with van der Waals surface area (Å²) in [6.45, 7) is 2.18. The molecule has 1 aromatic heterocycles. The van der Waals surface area contributed by atoms with E-state index >= 15 is 0 Å². The van der Waals surface area contributed by atoms with E-state index in [0.717, 1.165) is 5.69 Å². The number of aliphatic hydroxyl groups excluding tert-OH is 1. The number of anilines is 1. The molecule has 0 radical (unpaired) electrons. The van der Waals surface area contributed by atoms with Gasteiger partial charge in [0, 0.05) is 18.8 Å². The molecule has 6 heteroatoms. The van der Waals surface area contributed by atoms with Gasteiger partial charge in [-0.05, 0) is 24.6 Å². The third kappa shape index (κ3) is 4.06. The Morgan fingerprint density at radius 2 is 1.81 bits per heavy atom. The number of hydrogen-bond acceptors (Lipinski definition) is 6. The quantitative estimate of drug-likeness (QED) is 0.846. The summed E-state index contributed by atoms with van der Waals surface area (Å²) < 4.78 is 10.4. The van der Waals surface area contributed by atoms with Crippen molar-refractivity contribution in [3.05, 3.63) is 41.9 Å². The Labute approximate surface area is 123 Å². The van der Waals surface area contributed by atoms with E-state index in [2.05, 4.69) is 15.3 Å². The van der Waals surface area contributed by atoms with Crippen molar-refractivity contribution < 1.29 is 14.6 Å². The molecular weight excluding hydrogens is 270 g/mol. The van der Waals surface area contributed by atoms with Gasteiger partial charge < -0.3 is 19.9 Å². The zero-order valence-electron chi connectivity index (χ0n) is 12.3. The summed E-state index contributed by atoms with van der Waals surface area (Å²) in [5.74, 6) is 1.90. The molecule has 1 atom stereocenters. The average Bonchev–Trinajstić information content (AvgIpc) is 2.52. The van der Waals surface area contributed by atoms with E-state index in [1.54, 1.807) is 44.8 Å². The van der Waals surface area contributed by atoms with Crippen LogP contribution in [-0.2, 0) is 0 Å². The van der Waals surface area contributed by atoms with Gasteiger partial charge in [-0.3, -0.25) is 4.98 Å². The Morgan fingerprint density at radius 1 is 1.14 bits per heavy atom. The molecule has 0 aliphatic carbocycles. The topological polar surface area (TPSA) is 76.5 Å². The van der Waals surface area contributed by atoms with E-state index in [9.17, 15) is 5.11 Å². The smallest absolute Gasteiger partial charge is 0.144 e. The molecule has 0 bridgehead atoms. The van der Waals surface area contributed by atoms with E-state index in [1.807, 2.05) is 6.92 Å². The molecular formula is C15H19N3O3. The van der Waals surface area contributed by atoms with Crippen molar-refractivity contribution >= 4 is 5.82 Å². The number of nitrogens with zero attached hydrogens (tertiary/aromatic N) is 2. The van der Waals surface area contributed by atoms with Gasteiger partial charge in [0.05, 0.1) is 32.2 Å². The molecule has 6 nitrogen and oxygen atoms in total. The fourth-order valence-corrected chi connectivity index (χ4v) is 1.89. The van der Waals surface area contributed by atoms with Crippen LogP contribution < -0.4 is 14.8 Å². The van der Waals surface area contributed by atoms with Crippen LogP contribution >= 0.6 is 0 Å². The minimum Gasteiger partial charge on any atom is -0.497 e. The molecule has 0 amide bonds. The zero-order chi connectivity index (χ0) is 15.2. The summed E-state index contributed by atoms with van der Waals surface area (Å²) in [6, 6.07) is 5.31. The lowest BCUT2D eigenvalue weighted by molar-refractivity contribution is 0.190. The minimum atomic E-state index is -0.712. The molecule has 0 saturated carbocycles. The Bertz CT molecular complexity index is 582. The first-order valence-electron chi connectivity index (χ1n) is 6.56. The van der Waals surface area contributed by atoms with Gasteiger partial charge >= 0.3 is 0 Å². The maximum atomic E-state index is 10.3. The molecule has 0 aliphatic heterocycles. The zero-order valence-corrected chi connectivity index (χ0v) is 12.3. The normalized spacial score (nSPS) is 11.8. The highest BCUT2D eigenvalue weighted by atomic mass is 16.5. The van der Waals surface area contributed by atoms with Crippen molar-refractivity contribution in [2.45, 2.75) is 13.0 Å². The molecule has 1 aromatic carbocycles. The fourth-order valence-electron chi connectivity index (χ4n) is 1.89. The SMILES string of the molecule is COc1cc(OC)cc(C(O)CNc2cncc(C)n2)c1. The van der Waals surface area contributed by atoms with Gasteiger partial charge in [-0.2, -0.15) is 0 Å². The van der Waals surface area contributed by atoms with E-state index in [-0.39, 0.29) is 0 Å². The lowest BCUT2D eigenvalue weighted by Gasteiger charge is -2.15. The van der Waals surface area contributed by atoms with Gasteiger partial charge in [0.15, 0.2) is 0 Å². The summed E-state index contributed by atoms with van der Waals surface area (Å²) in [5, 5.41) is 13.3. The summed E-state index contributed by atoms with van der Waals surface area (Å²) in [6.07, 6.45) is 2.58. The fraction of sp³-hybridized carbons (Fsp3) is 0.333. The second-order valence-electron chi connectivity index (χ2n) is 4.59. The summed E-state index contributed by atoms with van der Waals surface area (Å²) in [5.41, 5.74) is 1.52. The molecule has 2 N–H and O–H groups in total. The maximum absolute atomic E-state index is 10.3. The highest BCUT2D eigenvalue weighted by molar-refractivity contribution is 5.40. The molecule has 0 aliphatic rings. The Morgan fingerprint density at radius 3 is 2.38 bits per heavy atom. The number of benzene rings is 1. The van der Waals surface area contributed by atoms with Crippen LogP contribution in [0.4, 0.5) is 5.82 Å². The third-order valence-corrected chi connectivity index (χ3v) is 2.99. The lowest BCUT2D eigenvalue weighted by atomic mass is 10.1. The van der Waals surface area contributed by atoms with Crippen LogP contribution in [0.5, 0.6) is 11.5 Å². The van der Waals surface area contributed by atoms with Crippen LogP contribution in [0.1, 0.15) is 17.4 Å². The molecule has 1 heterocycles. The number of methoxy groups -OCH3 is 2. The first-order chi connectivity index (χ1) is 10.1. The largest absolute Gasteiger partial charge is 0.497 e. The molecule has 0 fully saturated rings. The van der Waals surface area contributed by atoms with Crippen LogP contribution in [0.3, 0.4) is 0 Å². The van der Waals surface area contributed by atoms with Gasteiger partial charge in [-0.15, -0.1) is 0 Å². The number of aryl methyl sites for hydroxylation is 1. The summed E-state index contributed by atoms with van der Waals surface area (Å²) >= 11 is 0. The van der Waals surface area contributed by atoms with Crippen molar-refractivity contribution in [2.75, 3.05) is 26.1 Å². The first-order valence-corrected chi connectivity index (χ1v) is 6.56. The second kappa shape index (κ2) is 6.90. The van der Waals surface area contributed by atoms with Crippen LogP contribution in [0.15, 0.2) is 30.6 Å². The van der Waals surface area contributed by atoms with Crippen LogP contribution in [-0.4, -0.2) is 35.8 Å². The van der Waals surface area contributed by atoms with Crippen molar-refractivity contribution in [3.8, 4) is 11.5 Å². The van der Waals surface area contributed by atoms with Gasteiger partial charge in [-0.25, -0.2) is 4.98 Å². The highest BCUT2D eigenvalue weighted by Crippen LogP contribution is 2.26. The molecule has 0 saturated heterocycles. The second-order valence-corrected chi connectivity index (χ2v) is 4.59. The summed E-state index contributed by atoms with van der Waals surface area (Å²) in [4.78, 5) is 8.32. The first kappa shape index (κ1) is 15.1. The standard InChI is InChI=1S/C15H19N3O3/c1-10-7-16-9-15(18-10)17-8-14(19)11-4-12(20-2)6-13(5-11)21-3/h4-7,9,14,19H,8H2,1-3H3,(H,17,18). The Kier molecular flexibility index (Phi) is 4.94. The number of rotatable bonds is 6. The monoisotopic (exact) mass is 289 g/mol. The lowest BCUT2D eigenvalue weighted by Crippen LogP contribution is -2.13. The van der Waals surface area contributed by atoms with E-state index in [4.69, 9.17) is 9.47 Å². The predicted octanol–water partition coefficient (Wildman–Crippen LogP) is 1.95. The van der Waals surface area contributed by atoms with Crippen molar-refractivity contribution in [1.82, 2.24) is 9.97 Å².